The second-order valence-corrected chi connectivity index (χ2v) is 6.41. The van der Waals surface area contributed by atoms with Gasteiger partial charge in [-0.05, 0) is 32.1 Å². The van der Waals surface area contributed by atoms with Crippen LogP contribution >= 0.6 is 0 Å². The molecule has 1 aromatic carbocycles. The van der Waals surface area contributed by atoms with Crippen LogP contribution in [0.5, 0.6) is 0 Å². The van der Waals surface area contributed by atoms with Gasteiger partial charge in [-0.25, -0.2) is 15.0 Å². The van der Waals surface area contributed by atoms with Crippen LogP contribution < -0.4 is 11.1 Å². The van der Waals surface area contributed by atoms with Crippen LogP contribution in [0.3, 0.4) is 0 Å². The molecule has 0 spiro atoms. The Balaban J connectivity index is 1.73. The topological polar surface area (TPSA) is 83.8 Å². The minimum Gasteiger partial charge on any atom is -0.381 e. The number of anilines is 2. The molecular weight excluding hydrogens is 326 g/mol. The number of aromatic nitrogens is 3. The molecule has 3 aromatic rings. The van der Waals surface area contributed by atoms with E-state index in [0.717, 1.165) is 29.6 Å². The molecule has 1 aliphatic heterocycles. The lowest BCUT2D eigenvalue weighted by atomic mass is 10.2. The summed E-state index contributed by atoms with van der Waals surface area (Å²) >= 11 is 0. The Morgan fingerprint density at radius 1 is 1.15 bits per heavy atom. The van der Waals surface area contributed by atoms with Crippen molar-refractivity contribution in [3.63, 3.8) is 0 Å². The molecule has 0 aliphatic carbocycles. The fourth-order valence-corrected chi connectivity index (χ4v) is 2.99. The van der Waals surface area contributed by atoms with Crippen molar-refractivity contribution in [2.75, 3.05) is 17.6 Å². The van der Waals surface area contributed by atoms with Gasteiger partial charge in [0.25, 0.3) is 0 Å². The van der Waals surface area contributed by atoms with E-state index in [1.807, 2.05) is 40.9 Å². The number of imidazole rings is 1. The Hall–Kier alpha value is -3.35. The average Bonchev–Trinajstić information content (AvgIpc) is 3.08. The zero-order valence-corrected chi connectivity index (χ0v) is 14.8. The zero-order chi connectivity index (χ0) is 18.1. The molecule has 2 aromatic heterocycles. The fraction of sp³-hybridized carbons (Fsp3) is 0.211. The number of para-hydroxylation sites is 1. The summed E-state index contributed by atoms with van der Waals surface area (Å²) in [6.07, 6.45) is 7.41. The minimum absolute atomic E-state index is 0.324. The first kappa shape index (κ1) is 16.1. The summed E-state index contributed by atoms with van der Waals surface area (Å²) < 4.78 is 1.92. The molecule has 1 aliphatic rings. The summed E-state index contributed by atoms with van der Waals surface area (Å²) in [5, 5.41) is 3.43. The molecule has 3 heterocycles. The summed E-state index contributed by atoms with van der Waals surface area (Å²) in [5.74, 6) is 1.23. The lowest BCUT2D eigenvalue weighted by molar-refractivity contribution is 0.379. The van der Waals surface area contributed by atoms with Crippen LogP contribution in [0.1, 0.15) is 19.5 Å². The van der Waals surface area contributed by atoms with Crippen LogP contribution in [0.15, 0.2) is 60.0 Å². The average molecular weight is 347 g/mol. The number of benzene rings is 1. The molecule has 0 unspecified atom stereocenters. The molecule has 132 valence electrons. The second-order valence-electron chi connectivity index (χ2n) is 6.41. The molecule has 0 radical (unpaired) electrons. The molecule has 0 fully saturated rings. The molecule has 0 atom stereocenters. The zero-order valence-electron chi connectivity index (χ0n) is 14.8. The molecule has 7 heteroatoms. The Bertz CT molecular complexity index is 986. The maximum Gasteiger partial charge on any atom is 0.204 e. The van der Waals surface area contributed by atoms with E-state index in [1.165, 1.54) is 0 Å². The van der Waals surface area contributed by atoms with Crippen LogP contribution in [0.2, 0.25) is 0 Å². The third-order valence-corrected chi connectivity index (χ3v) is 4.35. The van der Waals surface area contributed by atoms with Crippen molar-refractivity contribution in [1.29, 1.82) is 0 Å². The second kappa shape index (κ2) is 6.51. The van der Waals surface area contributed by atoms with Gasteiger partial charge in [0.05, 0.1) is 17.6 Å². The van der Waals surface area contributed by atoms with Crippen LogP contribution in [0.4, 0.5) is 11.5 Å². The third kappa shape index (κ3) is 2.88. The number of guanidine groups is 1. The van der Waals surface area contributed by atoms with Gasteiger partial charge < -0.3 is 16.0 Å². The van der Waals surface area contributed by atoms with Crippen molar-refractivity contribution in [3.8, 4) is 0 Å². The molecule has 0 saturated heterocycles. The van der Waals surface area contributed by atoms with Crippen molar-refractivity contribution < 1.29 is 0 Å². The molecule has 4 rings (SSSR count). The largest absolute Gasteiger partial charge is 0.381 e. The normalized spacial score (nSPS) is 14.5. The van der Waals surface area contributed by atoms with Gasteiger partial charge in [0.1, 0.15) is 0 Å². The molecule has 3 N–H and O–H groups in total. The molecule has 0 amide bonds. The van der Waals surface area contributed by atoms with Crippen molar-refractivity contribution in [2.45, 2.75) is 19.9 Å². The van der Waals surface area contributed by atoms with E-state index < -0.39 is 0 Å². The number of nitrogens with two attached hydrogens (primary N) is 1. The van der Waals surface area contributed by atoms with Crippen molar-refractivity contribution in [3.05, 3.63) is 60.7 Å². The van der Waals surface area contributed by atoms with E-state index in [9.17, 15) is 0 Å². The number of hydrogen-bond donors (Lipinski definition) is 2. The summed E-state index contributed by atoms with van der Waals surface area (Å²) in [4.78, 5) is 15.6. The number of rotatable bonds is 3. The van der Waals surface area contributed by atoms with Gasteiger partial charge in [0.2, 0.25) is 5.96 Å². The SMILES string of the molecule is CC(C)N1CC=C(c2cnc3c(N)nccn23)N=C1Nc1ccccc1. The van der Waals surface area contributed by atoms with Gasteiger partial charge in [-0.2, -0.15) is 0 Å². The highest BCUT2D eigenvalue weighted by molar-refractivity contribution is 5.98. The first-order valence-electron chi connectivity index (χ1n) is 8.59. The smallest absolute Gasteiger partial charge is 0.204 e. The lowest BCUT2D eigenvalue weighted by Crippen LogP contribution is -2.43. The number of aliphatic imine (C=N–C) groups is 1. The monoisotopic (exact) mass is 347 g/mol. The Labute approximate surface area is 151 Å². The van der Waals surface area contributed by atoms with Crippen molar-refractivity contribution in [2.24, 2.45) is 4.99 Å². The molecule has 7 nitrogen and oxygen atoms in total. The van der Waals surface area contributed by atoms with Gasteiger partial charge in [0.15, 0.2) is 11.5 Å². The molecule has 0 bridgehead atoms. The van der Waals surface area contributed by atoms with E-state index in [1.54, 1.807) is 12.4 Å². The summed E-state index contributed by atoms with van der Waals surface area (Å²) in [6.45, 7) is 5.07. The third-order valence-electron chi connectivity index (χ3n) is 4.35. The van der Waals surface area contributed by atoms with Gasteiger partial charge >= 0.3 is 0 Å². The van der Waals surface area contributed by atoms with E-state index >= 15 is 0 Å². The Kier molecular flexibility index (Phi) is 4.04. The minimum atomic E-state index is 0.324. The maximum absolute atomic E-state index is 5.92. The van der Waals surface area contributed by atoms with Crippen molar-refractivity contribution in [1.82, 2.24) is 19.3 Å². The standard InChI is InChI=1S/C19H21N7/c1-13(2)25-10-8-15(24-19(25)23-14-6-4-3-5-7-14)16-12-22-18-17(20)21-9-11-26(16)18/h3-9,11-13H,10H2,1-2H3,(H2,20,21)(H,23,24). The van der Waals surface area contributed by atoms with E-state index in [4.69, 9.17) is 10.7 Å². The van der Waals surface area contributed by atoms with E-state index in [0.29, 0.717) is 17.5 Å². The van der Waals surface area contributed by atoms with Gasteiger partial charge in [-0.15, -0.1) is 0 Å². The Morgan fingerprint density at radius 3 is 2.73 bits per heavy atom. The van der Waals surface area contributed by atoms with E-state index in [2.05, 4.69) is 40.1 Å². The van der Waals surface area contributed by atoms with Crippen LogP contribution in [0, 0.1) is 0 Å². The van der Waals surface area contributed by atoms with E-state index in [-0.39, 0.29) is 0 Å². The van der Waals surface area contributed by atoms with Crippen LogP contribution in [-0.4, -0.2) is 37.8 Å². The molecule has 0 saturated carbocycles. The first-order chi connectivity index (χ1) is 12.6. The fourth-order valence-electron chi connectivity index (χ4n) is 2.99. The predicted octanol–water partition coefficient (Wildman–Crippen LogP) is 2.84. The summed E-state index contributed by atoms with van der Waals surface area (Å²) in [6, 6.07) is 10.4. The van der Waals surface area contributed by atoms with Gasteiger partial charge in [-0.1, -0.05) is 18.2 Å². The highest BCUT2D eigenvalue weighted by atomic mass is 15.3. The number of nitrogens with one attached hydrogen (secondary N) is 1. The predicted molar refractivity (Wildman–Crippen MR) is 105 cm³/mol. The molecule has 26 heavy (non-hydrogen) atoms. The van der Waals surface area contributed by atoms with Crippen LogP contribution in [0.25, 0.3) is 11.3 Å². The summed E-state index contributed by atoms with van der Waals surface area (Å²) in [7, 11) is 0. The highest BCUT2D eigenvalue weighted by Crippen LogP contribution is 2.24. The maximum atomic E-state index is 5.92. The summed E-state index contributed by atoms with van der Waals surface area (Å²) in [5.41, 5.74) is 9.32. The Morgan fingerprint density at radius 2 is 1.96 bits per heavy atom. The highest BCUT2D eigenvalue weighted by Gasteiger charge is 2.21. The number of hydrogen-bond acceptors (Lipinski definition) is 6. The molecular formula is C19H21N7. The van der Waals surface area contributed by atoms with Crippen molar-refractivity contribution >= 4 is 28.8 Å². The quantitative estimate of drug-likeness (QED) is 0.761. The number of nitrogen functional groups attached to an aromatic ring is 1. The number of nitrogens with zero attached hydrogens (tertiary/aromatic N) is 5. The first-order valence-corrected chi connectivity index (χ1v) is 8.59. The number of fused-ring (bicyclic) bond motifs is 1. The van der Waals surface area contributed by atoms with Gasteiger partial charge in [0, 0.05) is 30.7 Å². The van der Waals surface area contributed by atoms with Crippen LogP contribution in [-0.2, 0) is 0 Å². The lowest BCUT2D eigenvalue weighted by Gasteiger charge is -2.32. The van der Waals surface area contributed by atoms with Gasteiger partial charge in [-0.3, -0.25) is 4.40 Å².